The molecule has 0 radical (unpaired) electrons. The van der Waals surface area contributed by atoms with E-state index in [1.807, 2.05) is 0 Å². The van der Waals surface area contributed by atoms with Crippen molar-refractivity contribution in [2.45, 2.75) is 52.0 Å². The van der Waals surface area contributed by atoms with Gasteiger partial charge in [0.25, 0.3) is 0 Å². The molecule has 2 aromatic rings. The lowest BCUT2D eigenvalue weighted by atomic mass is 9.96. The van der Waals surface area contributed by atoms with Crippen molar-refractivity contribution in [3.63, 3.8) is 0 Å². The summed E-state index contributed by atoms with van der Waals surface area (Å²) in [5.74, 6) is 1.44. The van der Waals surface area contributed by atoms with Gasteiger partial charge in [-0.2, -0.15) is 9.59 Å². The SMILES string of the molecule is C=C1[C@H](C)Cc2ccc(OCCc3ccc4c(n3)CCCC4)cc2CN1C.O=C=O. The molecule has 0 fully saturated rings. The number of benzene rings is 1. The standard InChI is InChI=1S/C24H30N2O.CO2/c1-17-14-20-9-11-23(15-21(20)16-26(3)18(17)2)27-13-12-22-10-8-19-6-4-5-7-24(19)25-22;2-1-3/h8-11,15,17H,2,4-7,12-14,16H2,1,3H3;/t17-;/m1./s1. The number of pyridine rings is 1. The lowest BCUT2D eigenvalue weighted by Gasteiger charge is -2.22. The second-order valence-corrected chi connectivity index (χ2v) is 8.18. The minimum Gasteiger partial charge on any atom is -0.493 e. The zero-order valence-corrected chi connectivity index (χ0v) is 17.9. The van der Waals surface area contributed by atoms with E-state index >= 15 is 0 Å². The first-order valence-electron chi connectivity index (χ1n) is 10.6. The van der Waals surface area contributed by atoms with Crippen LogP contribution in [0.1, 0.15) is 47.8 Å². The Morgan fingerprint density at radius 1 is 1.13 bits per heavy atom. The largest absolute Gasteiger partial charge is 0.493 e. The van der Waals surface area contributed by atoms with Crippen LogP contribution in [-0.4, -0.2) is 29.7 Å². The van der Waals surface area contributed by atoms with Crippen LogP contribution in [0, 0.1) is 5.92 Å². The maximum Gasteiger partial charge on any atom is 0.373 e. The maximum atomic E-state index is 8.12. The zero-order chi connectivity index (χ0) is 21.5. The number of aromatic nitrogens is 1. The molecule has 1 aromatic carbocycles. The van der Waals surface area contributed by atoms with Crippen LogP contribution in [0.15, 0.2) is 42.6 Å². The molecule has 4 rings (SSSR count). The average molecular weight is 407 g/mol. The van der Waals surface area contributed by atoms with Gasteiger partial charge in [-0.05, 0) is 72.9 Å². The van der Waals surface area contributed by atoms with Crippen molar-refractivity contribution in [1.82, 2.24) is 9.88 Å². The topological polar surface area (TPSA) is 59.5 Å². The van der Waals surface area contributed by atoms with E-state index in [2.05, 4.69) is 55.8 Å². The number of ether oxygens (including phenoxy) is 1. The lowest BCUT2D eigenvalue weighted by molar-refractivity contribution is -0.191. The number of carbonyl (C=O) groups excluding carboxylic acids is 2. The molecule has 158 valence electrons. The summed E-state index contributed by atoms with van der Waals surface area (Å²) >= 11 is 0. The van der Waals surface area contributed by atoms with Gasteiger partial charge in [0, 0.05) is 37.1 Å². The third-order valence-electron chi connectivity index (χ3n) is 6.03. The summed E-state index contributed by atoms with van der Waals surface area (Å²) in [6.45, 7) is 8.07. The number of rotatable bonds is 4. The van der Waals surface area contributed by atoms with Crippen LogP contribution in [0.5, 0.6) is 5.75 Å². The monoisotopic (exact) mass is 406 g/mol. The predicted octanol–water partition coefficient (Wildman–Crippen LogP) is 4.14. The summed E-state index contributed by atoms with van der Waals surface area (Å²) in [5.41, 5.74) is 7.88. The highest BCUT2D eigenvalue weighted by atomic mass is 16.5. The molecule has 0 saturated carbocycles. The quantitative estimate of drug-likeness (QED) is 0.764. The van der Waals surface area contributed by atoms with Crippen molar-refractivity contribution in [2.24, 2.45) is 5.92 Å². The first kappa shape index (κ1) is 21.8. The molecule has 2 aliphatic rings. The van der Waals surface area contributed by atoms with E-state index < -0.39 is 0 Å². The Bertz CT molecular complexity index is 932. The smallest absolute Gasteiger partial charge is 0.373 e. The van der Waals surface area contributed by atoms with Crippen LogP contribution in [0.4, 0.5) is 0 Å². The second-order valence-electron chi connectivity index (χ2n) is 8.18. The van der Waals surface area contributed by atoms with E-state index in [1.165, 1.54) is 47.3 Å². The van der Waals surface area contributed by atoms with Crippen molar-refractivity contribution < 1.29 is 14.3 Å². The van der Waals surface area contributed by atoms with E-state index in [0.29, 0.717) is 12.5 Å². The molecule has 5 nitrogen and oxygen atoms in total. The fourth-order valence-corrected chi connectivity index (χ4v) is 4.26. The van der Waals surface area contributed by atoms with E-state index in [9.17, 15) is 0 Å². The Labute approximate surface area is 178 Å². The van der Waals surface area contributed by atoms with Crippen molar-refractivity contribution in [2.75, 3.05) is 13.7 Å². The summed E-state index contributed by atoms with van der Waals surface area (Å²) in [5, 5.41) is 0. The number of allylic oxidation sites excluding steroid dienone is 1. The number of aryl methyl sites for hydroxylation is 2. The van der Waals surface area contributed by atoms with Crippen LogP contribution in [0.2, 0.25) is 0 Å². The third-order valence-corrected chi connectivity index (χ3v) is 6.03. The van der Waals surface area contributed by atoms with Crippen molar-refractivity contribution in [3.8, 4) is 5.75 Å². The van der Waals surface area contributed by atoms with Gasteiger partial charge >= 0.3 is 6.15 Å². The highest BCUT2D eigenvalue weighted by Gasteiger charge is 2.20. The zero-order valence-electron chi connectivity index (χ0n) is 17.9. The molecular formula is C25H30N2O3. The first-order valence-corrected chi connectivity index (χ1v) is 10.6. The molecule has 0 saturated heterocycles. The van der Waals surface area contributed by atoms with Crippen LogP contribution in [-0.2, 0) is 41.8 Å². The van der Waals surface area contributed by atoms with Gasteiger partial charge in [-0.1, -0.05) is 25.6 Å². The fraction of sp³-hybridized carbons (Fsp3) is 0.440. The highest BCUT2D eigenvalue weighted by molar-refractivity contribution is 5.38. The molecule has 1 atom stereocenters. The van der Waals surface area contributed by atoms with Gasteiger partial charge < -0.3 is 9.64 Å². The molecule has 5 heteroatoms. The highest BCUT2D eigenvalue weighted by Crippen LogP contribution is 2.29. The predicted molar refractivity (Wildman–Crippen MR) is 115 cm³/mol. The van der Waals surface area contributed by atoms with Gasteiger partial charge in [0.15, 0.2) is 0 Å². The van der Waals surface area contributed by atoms with Gasteiger partial charge in [-0.3, -0.25) is 4.98 Å². The average Bonchev–Trinajstić information content (AvgIpc) is 2.85. The van der Waals surface area contributed by atoms with E-state index in [1.54, 1.807) is 0 Å². The second kappa shape index (κ2) is 10.2. The summed E-state index contributed by atoms with van der Waals surface area (Å²) in [7, 11) is 2.13. The Morgan fingerprint density at radius 3 is 2.67 bits per heavy atom. The number of fused-ring (bicyclic) bond motifs is 2. The van der Waals surface area contributed by atoms with Crippen molar-refractivity contribution in [1.29, 1.82) is 0 Å². The number of hydrogen-bond acceptors (Lipinski definition) is 5. The van der Waals surface area contributed by atoms with Gasteiger partial charge in [-0.25, -0.2) is 0 Å². The molecular weight excluding hydrogens is 376 g/mol. The fourth-order valence-electron chi connectivity index (χ4n) is 4.26. The van der Waals surface area contributed by atoms with Crippen LogP contribution in [0.3, 0.4) is 0 Å². The minimum absolute atomic E-state index is 0.250. The molecule has 30 heavy (non-hydrogen) atoms. The number of hydrogen-bond donors (Lipinski definition) is 0. The van der Waals surface area contributed by atoms with Gasteiger partial charge in [-0.15, -0.1) is 0 Å². The summed E-state index contributed by atoms with van der Waals surface area (Å²) in [6.07, 6.45) is 7.06. The van der Waals surface area contributed by atoms with Crippen LogP contribution < -0.4 is 4.74 Å². The summed E-state index contributed by atoms with van der Waals surface area (Å²) < 4.78 is 6.07. The Balaban J connectivity index is 0.000000806. The van der Waals surface area contributed by atoms with Gasteiger partial charge in [0.1, 0.15) is 5.75 Å². The van der Waals surface area contributed by atoms with Crippen molar-refractivity contribution in [3.05, 3.63) is 70.7 Å². The minimum atomic E-state index is 0.250. The molecule has 0 bridgehead atoms. The third kappa shape index (κ3) is 5.37. The summed E-state index contributed by atoms with van der Waals surface area (Å²) in [4.78, 5) is 23.4. The Morgan fingerprint density at radius 2 is 1.87 bits per heavy atom. The molecule has 0 N–H and O–H groups in total. The molecule has 0 unspecified atom stereocenters. The molecule has 2 heterocycles. The molecule has 0 spiro atoms. The molecule has 1 aliphatic heterocycles. The first-order chi connectivity index (χ1) is 14.5. The van der Waals surface area contributed by atoms with Crippen LogP contribution in [0.25, 0.3) is 0 Å². The van der Waals surface area contributed by atoms with E-state index in [0.717, 1.165) is 37.3 Å². The van der Waals surface area contributed by atoms with Crippen molar-refractivity contribution >= 4 is 6.15 Å². The van der Waals surface area contributed by atoms with E-state index in [4.69, 9.17) is 19.3 Å². The normalized spacial score (nSPS) is 17.6. The number of nitrogens with zero attached hydrogens (tertiary/aromatic N) is 2. The van der Waals surface area contributed by atoms with Gasteiger partial charge in [0.2, 0.25) is 0 Å². The molecule has 0 amide bonds. The van der Waals surface area contributed by atoms with E-state index in [-0.39, 0.29) is 6.15 Å². The maximum absolute atomic E-state index is 8.12. The molecule has 1 aliphatic carbocycles. The van der Waals surface area contributed by atoms with Gasteiger partial charge in [0.05, 0.1) is 6.61 Å². The Kier molecular flexibility index (Phi) is 7.42. The molecule has 1 aromatic heterocycles. The lowest BCUT2D eigenvalue weighted by Crippen LogP contribution is -2.18. The Hall–Kier alpha value is -2.91. The summed E-state index contributed by atoms with van der Waals surface area (Å²) in [6, 6.07) is 11.0. The van der Waals surface area contributed by atoms with Crippen LogP contribution >= 0.6 is 0 Å².